The molecule has 3 heteroatoms. The quantitative estimate of drug-likeness (QED) is 0.589. The van der Waals surface area contributed by atoms with Crippen LogP contribution < -0.4 is 0 Å². The molecule has 0 amide bonds. The minimum Gasteiger partial charge on any atom is -0.380 e. The van der Waals surface area contributed by atoms with E-state index in [-0.39, 0.29) is 0 Å². The Morgan fingerprint density at radius 2 is 1.67 bits per heavy atom. The van der Waals surface area contributed by atoms with Gasteiger partial charge in [-0.1, -0.05) is 27.2 Å². The molecule has 1 heterocycles. The summed E-state index contributed by atoms with van der Waals surface area (Å²) >= 11 is 0. The third-order valence-corrected chi connectivity index (χ3v) is 4.15. The van der Waals surface area contributed by atoms with Gasteiger partial charge in [0.25, 0.3) is 0 Å². The molecule has 0 aromatic heterocycles. The SMILES string of the molecule is CCC(C)CCCOCCN1CCN(CC)CC1. The lowest BCUT2D eigenvalue weighted by molar-refractivity contribution is 0.0743. The maximum Gasteiger partial charge on any atom is 0.0593 e. The molecule has 0 spiro atoms. The van der Waals surface area contributed by atoms with Gasteiger partial charge >= 0.3 is 0 Å². The van der Waals surface area contributed by atoms with Gasteiger partial charge in [0, 0.05) is 39.3 Å². The average Bonchev–Trinajstić information content (AvgIpc) is 2.43. The highest BCUT2D eigenvalue weighted by Gasteiger charge is 2.14. The fraction of sp³-hybridized carbons (Fsp3) is 1.00. The molecular formula is C15H32N2O. The molecule has 1 aliphatic heterocycles. The van der Waals surface area contributed by atoms with E-state index in [1.54, 1.807) is 0 Å². The van der Waals surface area contributed by atoms with E-state index in [4.69, 9.17) is 4.74 Å². The molecule has 1 saturated heterocycles. The van der Waals surface area contributed by atoms with Crippen LogP contribution in [0.1, 0.15) is 40.0 Å². The van der Waals surface area contributed by atoms with Gasteiger partial charge in [0.05, 0.1) is 6.61 Å². The van der Waals surface area contributed by atoms with Crippen molar-refractivity contribution in [3.8, 4) is 0 Å². The van der Waals surface area contributed by atoms with Crippen molar-refractivity contribution < 1.29 is 4.74 Å². The molecule has 0 saturated carbocycles. The van der Waals surface area contributed by atoms with Gasteiger partial charge in [-0.15, -0.1) is 0 Å². The van der Waals surface area contributed by atoms with Crippen molar-refractivity contribution in [1.82, 2.24) is 9.80 Å². The van der Waals surface area contributed by atoms with Crippen LogP contribution in [0, 0.1) is 5.92 Å². The van der Waals surface area contributed by atoms with Crippen LogP contribution in [-0.2, 0) is 4.74 Å². The van der Waals surface area contributed by atoms with E-state index < -0.39 is 0 Å². The molecule has 0 aromatic rings. The number of piperazine rings is 1. The first-order chi connectivity index (χ1) is 8.76. The second-order valence-electron chi connectivity index (χ2n) is 5.54. The third kappa shape index (κ3) is 6.72. The minimum absolute atomic E-state index is 0.857. The van der Waals surface area contributed by atoms with E-state index in [0.29, 0.717) is 0 Å². The van der Waals surface area contributed by atoms with E-state index in [1.807, 2.05) is 0 Å². The summed E-state index contributed by atoms with van der Waals surface area (Å²) in [5, 5.41) is 0. The predicted octanol–water partition coefficient (Wildman–Crippen LogP) is 2.47. The van der Waals surface area contributed by atoms with Gasteiger partial charge < -0.3 is 9.64 Å². The molecule has 1 rings (SSSR count). The standard InChI is InChI=1S/C15H32N2O/c1-4-15(3)7-6-13-18-14-12-17-10-8-16(5-2)9-11-17/h15H,4-14H2,1-3H3. The van der Waals surface area contributed by atoms with Crippen LogP contribution in [-0.4, -0.2) is 62.3 Å². The molecule has 108 valence electrons. The van der Waals surface area contributed by atoms with Gasteiger partial charge in [0.2, 0.25) is 0 Å². The number of hydrogen-bond acceptors (Lipinski definition) is 3. The van der Waals surface area contributed by atoms with Crippen molar-refractivity contribution in [2.45, 2.75) is 40.0 Å². The fourth-order valence-corrected chi connectivity index (χ4v) is 2.36. The minimum atomic E-state index is 0.857. The summed E-state index contributed by atoms with van der Waals surface area (Å²) in [6.45, 7) is 15.9. The summed E-state index contributed by atoms with van der Waals surface area (Å²) in [5.41, 5.74) is 0. The Kier molecular flexibility index (Phi) is 8.64. The molecule has 0 radical (unpaired) electrons. The Bertz CT molecular complexity index is 191. The molecule has 1 unspecified atom stereocenters. The second-order valence-corrected chi connectivity index (χ2v) is 5.54. The molecule has 1 atom stereocenters. The van der Waals surface area contributed by atoms with Gasteiger partial charge in [-0.3, -0.25) is 4.90 Å². The van der Waals surface area contributed by atoms with Crippen LogP contribution in [0.4, 0.5) is 0 Å². The summed E-state index contributed by atoms with van der Waals surface area (Å²) in [5.74, 6) is 0.857. The summed E-state index contributed by atoms with van der Waals surface area (Å²) in [4.78, 5) is 5.05. The van der Waals surface area contributed by atoms with Crippen molar-refractivity contribution in [2.75, 3.05) is 52.5 Å². The first kappa shape index (κ1) is 15.9. The summed E-state index contributed by atoms with van der Waals surface area (Å²) < 4.78 is 5.73. The number of rotatable bonds is 9. The molecular weight excluding hydrogens is 224 g/mol. The van der Waals surface area contributed by atoms with Crippen LogP contribution >= 0.6 is 0 Å². The number of ether oxygens (including phenoxy) is 1. The van der Waals surface area contributed by atoms with Crippen molar-refractivity contribution in [3.63, 3.8) is 0 Å². The van der Waals surface area contributed by atoms with Crippen LogP contribution in [0.25, 0.3) is 0 Å². The van der Waals surface area contributed by atoms with E-state index in [0.717, 1.165) is 25.7 Å². The fourth-order valence-electron chi connectivity index (χ4n) is 2.36. The first-order valence-electron chi connectivity index (χ1n) is 7.78. The van der Waals surface area contributed by atoms with E-state index >= 15 is 0 Å². The molecule has 1 aliphatic rings. The molecule has 0 N–H and O–H groups in total. The van der Waals surface area contributed by atoms with Crippen molar-refractivity contribution in [2.24, 2.45) is 5.92 Å². The number of nitrogens with zero attached hydrogens (tertiary/aromatic N) is 2. The highest BCUT2D eigenvalue weighted by molar-refractivity contribution is 4.70. The van der Waals surface area contributed by atoms with Crippen LogP contribution in [0.2, 0.25) is 0 Å². The van der Waals surface area contributed by atoms with Crippen molar-refractivity contribution >= 4 is 0 Å². The van der Waals surface area contributed by atoms with Gasteiger partial charge in [0.15, 0.2) is 0 Å². The van der Waals surface area contributed by atoms with Crippen molar-refractivity contribution in [1.29, 1.82) is 0 Å². The highest BCUT2D eigenvalue weighted by atomic mass is 16.5. The smallest absolute Gasteiger partial charge is 0.0593 e. The van der Waals surface area contributed by atoms with Gasteiger partial charge in [-0.25, -0.2) is 0 Å². The topological polar surface area (TPSA) is 15.7 Å². The lowest BCUT2D eigenvalue weighted by Crippen LogP contribution is -2.47. The van der Waals surface area contributed by atoms with Crippen LogP contribution in [0.15, 0.2) is 0 Å². The van der Waals surface area contributed by atoms with E-state index in [1.165, 1.54) is 52.0 Å². The molecule has 0 bridgehead atoms. The second kappa shape index (κ2) is 9.76. The Balaban J connectivity index is 1.89. The molecule has 3 nitrogen and oxygen atoms in total. The zero-order valence-electron chi connectivity index (χ0n) is 12.7. The largest absolute Gasteiger partial charge is 0.380 e. The maximum atomic E-state index is 5.73. The zero-order chi connectivity index (χ0) is 13.2. The maximum absolute atomic E-state index is 5.73. The van der Waals surface area contributed by atoms with Crippen LogP contribution in [0.3, 0.4) is 0 Å². The number of hydrogen-bond donors (Lipinski definition) is 0. The van der Waals surface area contributed by atoms with Crippen LogP contribution in [0.5, 0.6) is 0 Å². The van der Waals surface area contributed by atoms with E-state index in [2.05, 4.69) is 30.6 Å². The highest BCUT2D eigenvalue weighted by Crippen LogP contribution is 2.09. The zero-order valence-corrected chi connectivity index (χ0v) is 12.7. The third-order valence-electron chi connectivity index (χ3n) is 4.15. The van der Waals surface area contributed by atoms with Gasteiger partial charge in [-0.05, 0) is 25.3 Å². The summed E-state index contributed by atoms with van der Waals surface area (Å²) in [6.07, 6.45) is 3.83. The lowest BCUT2D eigenvalue weighted by Gasteiger charge is -2.33. The monoisotopic (exact) mass is 256 g/mol. The number of likely N-dealkylation sites (N-methyl/N-ethyl adjacent to an activating group) is 1. The Labute approximate surface area is 113 Å². The summed E-state index contributed by atoms with van der Waals surface area (Å²) in [6, 6.07) is 0. The normalized spacial score (nSPS) is 20.2. The van der Waals surface area contributed by atoms with Gasteiger partial charge in [0.1, 0.15) is 0 Å². The first-order valence-corrected chi connectivity index (χ1v) is 7.78. The molecule has 0 aliphatic carbocycles. The van der Waals surface area contributed by atoms with Crippen molar-refractivity contribution in [3.05, 3.63) is 0 Å². The Morgan fingerprint density at radius 3 is 2.28 bits per heavy atom. The lowest BCUT2D eigenvalue weighted by atomic mass is 10.0. The molecule has 1 fully saturated rings. The van der Waals surface area contributed by atoms with Gasteiger partial charge in [-0.2, -0.15) is 0 Å². The Hall–Kier alpha value is -0.120. The molecule has 18 heavy (non-hydrogen) atoms. The Morgan fingerprint density at radius 1 is 1.00 bits per heavy atom. The molecule has 0 aromatic carbocycles. The summed E-state index contributed by atoms with van der Waals surface area (Å²) in [7, 11) is 0. The average molecular weight is 256 g/mol. The van der Waals surface area contributed by atoms with E-state index in [9.17, 15) is 0 Å². The predicted molar refractivity (Wildman–Crippen MR) is 78.1 cm³/mol.